The molecule has 0 radical (unpaired) electrons. The lowest BCUT2D eigenvalue weighted by atomic mass is 10.2. The molecule has 1 amide bonds. The SMILES string of the molecule is COc1ccc(S(=O)(=O)N(CC(=O)Nc2ccc(Cl)cc2C)c2ccccc2)cc1C. The molecule has 3 aromatic rings. The Morgan fingerprint density at radius 2 is 1.71 bits per heavy atom. The van der Waals surface area contributed by atoms with Crippen LogP contribution < -0.4 is 14.4 Å². The third kappa shape index (κ3) is 5.18. The van der Waals surface area contributed by atoms with Gasteiger partial charge in [-0.3, -0.25) is 9.10 Å². The molecule has 0 fully saturated rings. The fraction of sp³-hybridized carbons (Fsp3) is 0.174. The fourth-order valence-corrected chi connectivity index (χ4v) is 4.87. The van der Waals surface area contributed by atoms with Gasteiger partial charge < -0.3 is 10.1 Å². The van der Waals surface area contributed by atoms with E-state index in [1.807, 2.05) is 6.92 Å². The number of nitrogens with zero attached hydrogens (tertiary/aromatic N) is 1. The average Bonchev–Trinajstić information content (AvgIpc) is 2.74. The highest BCUT2D eigenvalue weighted by Crippen LogP contribution is 2.27. The van der Waals surface area contributed by atoms with Crippen LogP contribution in [-0.2, 0) is 14.8 Å². The van der Waals surface area contributed by atoms with E-state index in [1.165, 1.54) is 19.2 Å². The molecule has 3 rings (SSSR count). The number of benzene rings is 3. The quantitative estimate of drug-likeness (QED) is 0.551. The lowest BCUT2D eigenvalue weighted by Crippen LogP contribution is -2.38. The molecule has 0 aliphatic heterocycles. The summed E-state index contributed by atoms with van der Waals surface area (Å²) in [7, 11) is -2.49. The molecule has 0 saturated carbocycles. The van der Waals surface area contributed by atoms with Gasteiger partial charge in [-0.2, -0.15) is 0 Å². The normalized spacial score (nSPS) is 11.1. The smallest absolute Gasteiger partial charge is 0.264 e. The minimum absolute atomic E-state index is 0.0742. The number of carbonyl (C=O) groups is 1. The molecule has 3 aromatic carbocycles. The van der Waals surface area contributed by atoms with E-state index in [0.717, 1.165) is 9.87 Å². The zero-order valence-electron chi connectivity index (χ0n) is 17.4. The molecule has 0 saturated heterocycles. The first-order valence-corrected chi connectivity index (χ1v) is 11.3. The van der Waals surface area contributed by atoms with Crippen molar-refractivity contribution in [2.75, 3.05) is 23.3 Å². The summed E-state index contributed by atoms with van der Waals surface area (Å²) in [6.07, 6.45) is 0. The summed E-state index contributed by atoms with van der Waals surface area (Å²) < 4.78 is 33.3. The molecule has 31 heavy (non-hydrogen) atoms. The van der Waals surface area contributed by atoms with Crippen molar-refractivity contribution >= 4 is 38.9 Å². The van der Waals surface area contributed by atoms with Crippen molar-refractivity contribution in [3.63, 3.8) is 0 Å². The lowest BCUT2D eigenvalue weighted by Gasteiger charge is -2.24. The summed E-state index contributed by atoms with van der Waals surface area (Å²) in [5.74, 6) is 0.115. The second kappa shape index (κ2) is 9.41. The van der Waals surface area contributed by atoms with Crippen molar-refractivity contribution in [3.8, 4) is 5.75 Å². The molecule has 8 heteroatoms. The highest BCUT2D eigenvalue weighted by molar-refractivity contribution is 7.92. The number of rotatable bonds is 7. The third-order valence-electron chi connectivity index (χ3n) is 4.75. The molecule has 1 N–H and O–H groups in total. The Balaban J connectivity index is 1.95. The standard InChI is InChI=1S/C23H23ClN2O4S/c1-16-13-18(24)9-11-21(16)25-23(27)15-26(19-7-5-4-6-8-19)31(28,29)20-10-12-22(30-3)17(2)14-20/h4-14H,15H2,1-3H3,(H,25,27). The third-order valence-corrected chi connectivity index (χ3v) is 6.75. The van der Waals surface area contributed by atoms with Crippen LogP contribution in [0, 0.1) is 13.8 Å². The Morgan fingerprint density at radius 1 is 1.00 bits per heavy atom. The number of anilines is 2. The summed E-state index contributed by atoms with van der Waals surface area (Å²) in [6, 6.07) is 18.2. The van der Waals surface area contributed by atoms with Crippen molar-refractivity contribution in [2.45, 2.75) is 18.7 Å². The maximum absolute atomic E-state index is 13.5. The topological polar surface area (TPSA) is 75.7 Å². The van der Waals surface area contributed by atoms with Crippen LogP contribution >= 0.6 is 11.6 Å². The number of ether oxygens (including phenoxy) is 1. The van der Waals surface area contributed by atoms with Crippen LogP contribution in [0.1, 0.15) is 11.1 Å². The summed E-state index contributed by atoms with van der Waals surface area (Å²) in [5, 5.41) is 3.32. The van der Waals surface area contributed by atoms with Gasteiger partial charge >= 0.3 is 0 Å². The Bertz CT molecular complexity index is 1200. The van der Waals surface area contributed by atoms with Crippen molar-refractivity contribution in [1.29, 1.82) is 0 Å². The molecular formula is C23H23ClN2O4S. The van der Waals surface area contributed by atoms with Gasteiger partial charge in [0, 0.05) is 10.7 Å². The minimum Gasteiger partial charge on any atom is -0.496 e. The van der Waals surface area contributed by atoms with Gasteiger partial charge in [0.15, 0.2) is 0 Å². The second-order valence-electron chi connectivity index (χ2n) is 6.99. The number of para-hydroxylation sites is 1. The number of hydrogen-bond acceptors (Lipinski definition) is 4. The van der Waals surface area contributed by atoms with Gasteiger partial charge in [-0.05, 0) is 73.5 Å². The molecule has 0 aliphatic rings. The summed E-state index contributed by atoms with van der Waals surface area (Å²) in [5.41, 5.74) is 2.41. The molecule has 0 spiro atoms. The molecule has 0 aliphatic carbocycles. The fourth-order valence-electron chi connectivity index (χ4n) is 3.14. The zero-order chi connectivity index (χ0) is 22.6. The van der Waals surface area contributed by atoms with E-state index in [-0.39, 0.29) is 11.4 Å². The number of amides is 1. The van der Waals surface area contributed by atoms with Crippen molar-refractivity contribution in [2.24, 2.45) is 0 Å². The highest BCUT2D eigenvalue weighted by Gasteiger charge is 2.28. The van der Waals surface area contributed by atoms with Crippen LogP contribution in [-0.4, -0.2) is 28.0 Å². The van der Waals surface area contributed by atoms with E-state index in [9.17, 15) is 13.2 Å². The minimum atomic E-state index is -4.01. The number of hydrogen-bond donors (Lipinski definition) is 1. The monoisotopic (exact) mass is 458 g/mol. The van der Waals surface area contributed by atoms with Gasteiger partial charge in [-0.25, -0.2) is 8.42 Å². The largest absolute Gasteiger partial charge is 0.496 e. The van der Waals surface area contributed by atoms with E-state index in [4.69, 9.17) is 16.3 Å². The van der Waals surface area contributed by atoms with Crippen LogP contribution in [0.15, 0.2) is 71.6 Å². The number of methoxy groups -OCH3 is 1. The first-order valence-electron chi connectivity index (χ1n) is 9.51. The first kappa shape index (κ1) is 22.7. The summed E-state index contributed by atoms with van der Waals surface area (Å²) >= 11 is 5.97. The number of sulfonamides is 1. The van der Waals surface area contributed by atoms with E-state index in [2.05, 4.69) is 5.32 Å². The average molecular weight is 459 g/mol. The molecular weight excluding hydrogens is 436 g/mol. The van der Waals surface area contributed by atoms with Gasteiger partial charge in [0.1, 0.15) is 12.3 Å². The number of nitrogens with one attached hydrogen (secondary N) is 1. The van der Waals surface area contributed by atoms with E-state index in [0.29, 0.717) is 27.7 Å². The van der Waals surface area contributed by atoms with Gasteiger partial charge in [-0.1, -0.05) is 29.8 Å². The number of aryl methyl sites for hydroxylation is 2. The Labute approximate surface area is 187 Å². The number of carbonyl (C=O) groups excluding carboxylic acids is 1. The molecule has 0 atom stereocenters. The maximum Gasteiger partial charge on any atom is 0.264 e. The van der Waals surface area contributed by atoms with Gasteiger partial charge in [-0.15, -0.1) is 0 Å². The predicted octanol–water partition coefficient (Wildman–Crippen LogP) is 4.80. The highest BCUT2D eigenvalue weighted by atomic mass is 35.5. The molecule has 162 valence electrons. The molecule has 6 nitrogen and oxygen atoms in total. The van der Waals surface area contributed by atoms with Gasteiger partial charge in [0.25, 0.3) is 10.0 Å². The van der Waals surface area contributed by atoms with Gasteiger partial charge in [0.2, 0.25) is 5.91 Å². The van der Waals surface area contributed by atoms with Gasteiger partial charge in [0.05, 0.1) is 17.7 Å². The summed E-state index contributed by atoms with van der Waals surface area (Å²) in [4.78, 5) is 12.9. The van der Waals surface area contributed by atoms with Crippen LogP contribution in [0.25, 0.3) is 0 Å². The van der Waals surface area contributed by atoms with Crippen molar-refractivity contribution in [1.82, 2.24) is 0 Å². The van der Waals surface area contributed by atoms with Crippen LogP contribution in [0.3, 0.4) is 0 Å². The van der Waals surface area contributed by atoms with Crippen molar-refractivity contribution in [3.05, 3.63) is 82.9 Å². The van der Waals surface area contributed by atoms with E-state index >= 15 is 0 Å². The first-order chi connectivity index (χ1) is 14.7. The number of halogens is 1. The lowest BCUT2D eigenvalue weighted by molar-refractivity contribution is -0.114. The van der Waals surface area contributed by atoms with Crippen LogP contribution in [0.4, 0.5) is 11.4 Å². The Kier molecular flexibility index (Phi) is 6.87. The van der Waals surface area contributed by atoms with Crippen molar-refractivity contribution < 1.29 is 17.9 Å². The molecule has 0 bridgehead atoms. The van der Waals surface area contributed by atoms with E-state index in [1.54, 1.807) is 61.5 Å². The molecule has 0 heterocycles. The predicted molar refractivity (Wildman–Crippen MR) is 124 cm³/mol. The van der Waals surface area contributed by atoms with E-state index < -0.39 is 15.9 Å². The van der Waals surface area contributed by atoms with Crippen LogP contribution in [0.5, 0.6) is 5.75 Å². The molecule has 0 aromatic heterocycles. The Morgan fingerprint density at radius 3 is 2.32 bits per heavy atom. The van der Waals surface area contributed by atoms with Crippen LogP contribution in [0.2, 0.25) is 5.02 Å². The Hall–Kier alpha value is -3.03. The second-order valence-corrected chi connectivity index (χ2v) is 9.28. The summed E-state index contributed by atoms with van der Waals surface area (Å²) in [6.45, 7) is 3.19. The maximum atomic E-state index is 13.5. The zero-order valence-corrected chi connectivity index (χ0v) is 19.0. The molecule has 0 unspecified atom stereocenters.